The Bertz CT molecular complexity index is 229. The second-order valence-electron chi connectivity index (χ2n) is 4.03. The number of hydrogen-bond donors (Lipinski definition) is 0. The summed E-state index contributed by atoms with van der Waals surface area (Å²) in [7, 11) is 0. The summed E-state index contributed by atoms with van der Waals surface area (Å²) in [6.45, 7) is 7.90. The zero-order valence-electron chi connectivity index (χ0n) is 10.6. The lowest BCUT2D eigenvalue weighted by Gasteiger charge is -2.02. The molecule has 0 saturated carbocycles. The highest BCUT2D eigenvalue weighted by molar-refractivity contribution is 5.86. The van der Waals surface area contributed by atoms with E-state index in [1.54, 1.807) is 6.92 Å². The summed E-state index contributed by atoms with van der Waals surface area (Å²) in [5, 5.41) is 0. The molecular weight excluding hydrogens is 200 g/mol. The lowest BCUT2D eigenvalue weighted by molar-refractivity contribution is -0.139. The topological polar surface area (TPSA) is 26.3 Å². The fraction of sp³-hybridized carbons (Fsp3) is 0.643. The predicted molar refractivity (Wildman–Crippen MR) is 68.3 cm³/mol. The summed E-state index contributed by atoms with van der Waals surface area (Å²) in [6, 6.07) is 0. The fourth-order valence-electron chi connectivity index (χ4n) is 1.21. The van der Waals surface area contributed by atoms with Crippen LogP contribution in [0.2, 0.25) is 0 Å². The van der Waals surface area contributed by atoms with Crippen molar-refractivity contribution in [2.24, 2.45) is 0 Å². The maximum atomic E-state index is 11.0. The first-order valence-corrected chi connectivity index (χ1v) is 6.16. The third-order valence-corrected chi connectivity index (χ3v) is 2.24. The van der Waals surface area contributed by atoms with Gasteiger partial charge in [-0.15, -0.1) is 0 Å². The van der Waals surface area contributed by atoms with E-state index >= 15 is 0 Å². The summed E-state index contributed by atoms with van der Waals surface area (Å²) < 4.78 is 4.99. The highest BCUT2D eigenvalue weighted by Crippen LogP contribution is 2.01. The second-order valence-corrected chi connectivity index (χ2v) is 4.03. The average Bonchev–Trinajstić information content (AvgIpc) is 2.26. The van der Waals surface area contributed by atoms with E-state index in [-0.39, 0.29) is 5.97 Å². The van der Waals surface area contributed by atoms with E-state index in [2.05, 4.69) is 25.7 Å². The summed E-state index contributed by atoms with van der Waals surface area (Å²) in [5.74, 6) is -0.279. The molecule has 2 nitrogen and oxygen atoms in total. The van der Waals surface area contributed by atoms with Gasteiger partial charge in [-0.2, -0.15) is 0 Å². The van der Waals surface area contributed by atoms with Gasteiger partial charge in [-0.3, -0.25) is 0 Å². The average molecular weight is 224 g/mol. The smallest absolute Gasteiger partial charge is 0.333 e. The predicted octanol–water partition coefficient (Wildman–Crippen LogP) is 4.02. The van der Waals surface area contributed by atoms with Crippen molar-refractivity contribution in [2.45, 2.75) is 52.4 Å². The van der Waals surface area contributed by atoms with Crippen molar-refractivity contribution in [2.75, 3.05) is 6.61 Å². The normalized spacial score (nSPS) is 10.6. The van der Waals surface area contributed by atoms with Crippen molar-refractivity contribution < 1.29 is 9.53 Å². The number of rotatable bonds is 9. The molecule has 0 unspecified atom stereocenters. The van der Waals surface area contributed by atoms with Gasteiger partial charge in [0.05, 0.1) is 6.61 Å². The van der Waals surface area contributed by atoms with Crippen LogP contribution < -0.4 is 0 Å². The fourth-order valence-corrected chi connectivity index (χ4v) is 1.21. The molecule has 0 aromatic heterocycles. The summed E-state index contributed by atoms with van der Waals surface area (Å²) in [5.41, 5.74) is 0.472. The standard InChI is InChI=1S/C14H24O2/c1-4-5-6-7-8-9-10-11-12-16-14(15)13(2)3/h7-8H,2,4-6,9-12H2,1,3H3/b8-7+. The molecule has 2 heteroatoms. The van der Waals surface area contributed by atoms with E-state index < -0.39 is 0 Å². The van der Waals surface area contributed by atoms with Crippen molar-refractivity contribution >= 4 is 5.97 Å². The molecular formula is C14H24O2. The number of allylic oxidation sites excluding steroid dienone is 2. The van der Waals surface area contributed by atoms with Crippen LogP contribution in [0, 0.1) is 0 Å². The molecule has 0 N–H and O–H groups in total. The minimum Gasteiger partial charge on any atom is -0.462 e. The largest absolute Gasteiger partial charge is 0.462 e. The van der Waals surface area contributed by atoms with Crippen LogP contribution in [0.5, 0.6) is 0 Å². The molecule has 0 saturated heterocycles. The zero-order valence-corrected chi connectivity index (χ0v) is 10.6. The van der Waals surface area contributed by atoms with E-state index in [1.165, 1.54) is 19.3 Å². The minimum atomic E-state index is -0.279. The van der Waals surface area contributed by atoms with Gasteiger partial charge in [0, 0.05) is 5.57 Å². The van der Waals surface area contributed by atoms with E-state index in [0.717, 1.165) is 19.3 Å². The third kappa shape index (κ3) is 9.50. The molecule has 0 aromatic carbocycles. The van der Waals surface area contributed by atoms with Gasteiger partial charge in [-0.25, -0.2) is 4.79 Å². The molecule has 0 amide bonds. The Morgan fingerprint density at radius 3 is 2.38 bits per heavy atom. The number of carbonyl (C=O) groups is 1. The Balaban J connectivity index is 3.24. The number of carbonyl (C=O) groups excluding carboxylic acids is 1. The van der Waals surface area contributed by atoms with Crippen LogP contribution in [0.15, 0.2) is 24.3 Å². The molecule has 16 heavy (non-hydrogen) atoms. The van der Waals surface area contributed by atoms with Gasteiger partial charge in [0.15, 0.2) is 0 Å². The van der Waals surface area contributed by atoms with Gasteiger partial charge in [0.25, 0.3) is 0 Å². The van der Waals surface area contributed by atoms with E-state index in [9.17, 15) is 4.79 Å². The maximum Gasteiger partial charge on any atom is 0.333 e. The highest BCUT2D eigenvalue weighted by Gasteiger charge is 2.00. The van der Waals surface area contributed by atoms with Crippen molar-refractivity contribution in [3.05, 3.63) is 24.3 Å². The number of esters is 1. The molecule has 0 aliphatic rings. The first-order valence-electron chi connectivity index (χ1n) is 6.16. The summed E-state index contributed by atoms with van der Waals surface area (Å²) in [4.78, 5) is 11.0. The van der Waals surface area contributed by atoms with Crippen LogP contribution in [0.3, 0.4) is 0 Å². The van der Waals surface area contributed by atoms with Crippen molar-refractivity contribution in [3.8, 4) is 0 Å². The first-order chi connectivity index (χ1) is 7.68. The molecule has 0 fully saturated rings. The molecule has 0 bridgehead atoms. The van der Waals surface area contributed by atoms with E-state index in [0.29, 0.717) is 12.2 Å². The van der Waals surface area contributed by atoms with Crippen LogP contribution in [0.25, 0.3) is 0 Å². The van der Waals surface area contributed by atoms with Crippen LogP contribution in [-0.2, 0) is 9.53 Å². The lowest BCUT2D eigenvalue weighted by Crippen LogP contribution is -2.05. The molecule has 0 atom stereocenters. The van der Waals surface area contributed by atoms with Gasteiger partial charge in [-0.05, 0) is 32.6 Å². The Labute approximate surface area is 99.4 Å². The third-order valence-electron chi connectivity index (χ3n) is 2.24. The molecule has 0 aliphatic carbocycles. The Hall–Kier alpha value is -1.05. The molecule has 0 heterocycles. The monoisotopic (exact) mass is 224 g/mol. The van der Waals surface area contributed by atoms with Crippen LogP contribution in [0.1, 0.15) is 52.4 Å². The molecule has 0 rings (SSSR count). The molecule has 0 aromatic rings. The molecule has 0 spiro atoms. The van der Waals surface area contributed by atoms with Crippen LogP contribution in [0.4, 0.5) is 0 Å². The summed E-state index contributed by atoms with van der Waals surface area (Å²) in [6.07, 6.45) is 11.2. The Morgan fingerprint density at radius 1 is 1.19 bits per heavy atom. The van der Waals surface area contributed by atoms with Crippen molar-refractivity contribution in [1.82, 2.24) is 0 Å². The minimum absolute atomic E-state index is 0.279. The van der Waals surface area contributed by atoms with Gasteiger partial charge in [0.1, 0.15) is 0 Å². The Morgan fingerprint density at radius 2 is 1.81 bits per heavy atom. The van der Waals surface area contributed by atoms with Crippen LogP contribution >= 0.6 is 0 Å². The zero-order chi connectivity index (χ0) is 12.2. The van der Waals surface area contributed by atoms with E-state index in [1.807, 2.05) is 0 Å². The quantitative estimate of drug-likeness (QED) is 0.256. The van der Waals surface area contributed by atoms with E-state index in [4.69, 9.17) is 4.74 Å². The molecule has 92 valence electrons. The SMILES string of the molecule is C=C(C)C(=O)OCCCC/C=C/CCCC. The van der Waals surface area contributed by atoms with Gasteiger partial charge < -0.3 is 4.74 Å². The molecule has 0 aliphatic heterocycles. The van der Waals surface area contributed by atoms with Gasteiger partial charge in [-0.1, -0.05) is 38.5 Å². The Kier molecular flexibility index (Phi) is 9.78. The highest BCUT2D eigenvalue weighted by atomic mass is 16.5. The lowest BCUT2D eigenvalue weighted by atomic mass is 10.2. The summed E-state index contributed by atoms with van der Waals surface area (Å²) >= 11 is 0. The van der Waals surface area contributed by atoms with Gasteiger partial charge in [0.2, 0.25) is 0 Å². The van der Waals surface area contributed by atoms with Gasteiger partial charge >= 0.3 is 5.97 Å². The maximum absolute atomic E-state index is 11.0. The number of hydrogen-bond acceptors (Lipinski definition) is 2. The van der Waals surface area contributed by atoms with Crippen molar-refractivity contribution in [1.29, 1.82) is 0 Å². The van der Waals surface area contributed by atoms with Crippen LogP contribution in [-0.4, -0.2) is 12.6 Å². The number of unbranched alkanes of at least 4 members (excludes halogenated alkanes) is 4. The first kappa shape index (κ1) is 14.9. The second kappa shape index (κ2) is 10.5. The molecule has 0 radical (unpaired) electrons. The number of ether oxygens (including phenoxy) is 1. The van der Waals surface area contributed by atoms with Crippen molar-refractivity contribution in [3.63, 3.8) is 0 Å².